The number of aryl methyl sites for hydroxylation is 1. The van der Waals surface area contributed by atoms with Gasteiger partial charge in [0, 0.05) is 17.8 Å². The van der Waals surface area contributed by atoms with E-state index < -0.39 is 5.97 Å². The second-order valence-corrected chi connectivity index (χ2v) is 5.58. The molecular formula is C16H23NO3. The van der Waals surface area contributed by atoms with E-state index in [1.54, 1.807) is 0 Å². The minimum atomic E-state index is -0.932. The van der Waals surface area contributed by atoms with Crippen LogP contribution in [0.25, 0.3) is 0 Å². The standard InChI is InChI=1S/C16H23NO3/c1-2-3-6-9-17-14-8-5-4-7-12(14)10-13(16(17)20)11-15(18)19/h10H,2-9,11H2,1H3,(H,18,19). The molecule has 0 aliphatic heterocycles. The Bertz CT molecular complexity index is 545. The van der Waals surface area contributed by atoms with Crippen LogP contribution in [0.15, 0.2) is 10.9 Å². The highest BCUT2D eigenvalue weighted by molar-refractivity contribution is 5.70. The highest BCUT2D eigenvalue weighted by atomic mass is 16.4. The maximum atomic E-state index is 12.5. The van der Waals surface area contributed by atoms with Crippen molar-refractivity contribution in [2.24, 2.45) is 0 Å². The smallest absolute Gasteiger partial charge is 0.308 e. The number of unbranched alkanes of at least 4 members (excludes halogenated alkanes) is 2. The van der Waals surface area contributed by atoms with Crippen LogP contribution < -0.4 is 5.56 Å². The van der Waals surface area contributed by atoms with Crippen molar-refractivity contribution < 1.29 is 9.90 Å². The van der Waals surface area contributed by atoms with Crippen LogP contribution in [0.3, 0.4) is 0 Å². The largest absolute Gasteiger partial charge is 0.481 e. The van der Waals surface area contributed by atoms with Crippen LogP contribution >= 0.6 is 0 Å². The van der Waals surface area contributed by atoms with Crippen LogP contribution in [-0.2, 0) is 30.6 Å². The lowest BCUT2D eigenvalue weighted by Crippen LogP contribution is -2.30. The van der Waals surface area contributed by atoms with Gasteiger partial charge in [0.05, 0.1) is 6.42 Å². The molecule has 0 saturated carbocycles. The fourth-order valence-corrected chi connectivity index (χ4v) is 2.99. The molecule has 1 aromatic rings. The van der Waals surface area contributed by atoms with Crippen LogP contribution in [0.5, 0.6) is 0 Å². The van der Waals surface area contributed by atoms with E-state index >= 15 is 0 Å². The van der Waals surface area contributed by atoms with Gasteiger partial charge in [-0.1, -0.05) is 19.8 Å². The minimum absolute atomic E-state index is 0.0934. The zero-order chi connectivity index (χ0) is 14.5. The molecule has 2 rings (SSSR count). The van der Waals surface area contributed by atoms with Crippen LogP contribution in [0.1, 0.15) is 55.8 Å². The van der Waals surface area contributed by atoms with E-state index in [-0.39, 0.29) is 12.0 Å². The minimum Gasteiger partial charge on any atom is -0.481 e. The predicted molar refractivity (Wildman–Crippen MR) is 78.2 cm³/mol. The summed E-state index contributed by atoms with van der Waals surface area (Å²) in [6.07, 6.45) is 7.21. The Balaban J connectivity index is 2.39. The van der Waals surface area contributed by atoms with Crippen LogP contribution in [0.2, 0.25) is 0 Å². The lowest BCUT2D eigenvalue weighted by atomic mass is 9.93. The van der Waals surface area contributed by atoms with E-state index in [2.05, 4.69) is 6.92 Å². The molecule has 1 N–H and O–H groups in total. The van der Waals surface area contributed by atoms with Crippen LogP contribution in [-0.4, -0.2) is 15.6 Å². The van der Waals surface area contributed by atoms with Gasteiger partial charge in [0.15, 0.2) is 0 Å². The number of carboxylic acids is 1. The third kappa shape index (κ3) is 3.30. The highest BCUT2D eigenvalue weighted by Gasteiger charge is 2.18. The molecule has 1 aromatic heterocycles. The van der Waals surface area contributed by atoms with Gasteiger partial charge in [0.1, 0.15) is 0 Å². The normalized spacial score (nSPS) is 14.1. The average Bonchev–Trinajstić information content (AvgIpc) is 2.42. The molecule has 1 aliphatic carbocycles. The number of aromatic nitrogens is 1. The first-order chi connectivity index (χ1) is 9.63. The van der Waals surface area contributed by atoms with E-state index in [9.17, 15) is 9.59 Å². The topological polar surface area (TPSA) is 59.3 Å². The summed E-state index contributed by atoms with van der Waals surface area (Å²) in [7, 11) is 0. The molecule has 1 heterocycles. The Labute approximate surface area is 119 Å². The molecular weight excluding hydrogens is 254 g/mol. The molecule has 110 valence electrons. The first kappa shape index (κ1) is 14.8. The summed E-state index contributed by atoms with van der Waals surface area (Å²) in [5.41, 5.74) is 2.67. The van der Waals surface area contributed by atoms with Crippen molar-refractivity contribution in [2.75, 3.05) is 0 Å². The fraction of sp³-hybridized carbons (Fsp3) is 0.625. The molecule has 1 aliphatic rings. The Morgan fingerprint density at radius 1 is 1.30 bits per heavy atom. The molecule has 0 aromatic carbocycles. The molecule has 0 radical (unpaired) electrons. The van der Waals surface area contributed by atoms with E-state index in [0.29, 0.717) is 5.56 Å². The van der Waals surface area contributed by atoms with Gasteiger partial charge in [0.25, 0.3) is 5.56 Å². The summed E-state index contributed by atoms with van der Waals surface area (Å²) in [5, 5.41) is 8.95. The molecule has 0 bridgehead atoms. The number of rotatable bonds is 6. The predicted octanol–water partition coefficient (Wildman–Crippen LogP) is 2.54. The number of fused-ring (bicyclic) bond motifs is 1. The Hall–Kier alpha value is -1.58. The Kier molecular flexibility index (Phi) is 4.99. The second kappa shape index (κ2) is 6.73. The Morgan fingerprint density at radius 2 is 2.05 bits per heavy atom. The van der Waals surface area contributed by atoms with Crippen LogP contribution in [0, 0.1) is 0 Å². The van der Waals surface area contributed by atoms with Gasteiger partial charge in [0.2, 0.25) is 0 Å². The maximum Gasteiger partial charge on any atom is 0.308 e. The Morgan fingerprint density at radius 3 is 2.75 bits per heavy atom. The van der Waals surface area contributed by atoms with Crippen molar-refractivity contribution >= 4 is 5.97 Å². The van der Waals surface area contributed by atoms with Gasteiger partial charge in [-0.3, -0.25) is 9.59 Å². The molecule has 0 unspecified atom stereocenters. The monoisotopic (exact) mass is 277 g/mol. The lowest BCUT2D eigenvalue weighted by Gasteiger charge is -2.22. The van der Waals surface area contributed by atoms with Gasteiger partial charge in [-0.25, -0.2) is 0 Å². The van der Waals surface area contributed by atoms with Gasteiger partial charge in [-0.05, 0) is 43.7 Å². The average molecular weight is 277 g/mol. The lowest BCUT2D eigenvalue weighted by molar-refractivity contribution is -0.136. The summed E-state index contributed by atoms with van der Waals surface area (Å²) in [6.45, 7) is 2.86. The second-order valence-electron chi connectivity index (χ2n) is 5.58. The molecule has 0 fully saturated rings. The van der Waals surface area contributed by atoms with E-state index in [4.69, 9.17) is 5.11 Å². The molecule has 0 spiro atoms. The molecule has 4 nitrogen and oxygen atoms in total. The summed E-state index contributed by atoms with van der Waals surface area (Å²) in [5.74, 6) is -0.932. The quantitative estimate of drug-likeness (QED) is 0.813. The van der Waals surface area contributed by atoms with Crippen molar-refractivity contribution in [3.05, 3.63) is 33.2 Å². The first-order valence-corrected chi connectivity index (χ1v) is 7.59. The third-order valence-electron chi connectivity index (χ3n) is 4.00. The van der Waals surface area contributed by atoms with E-state index in [1.807, 2.05) is 10.6 Å². The van der Waals surface area contributed by atoms with Gasteiger partial charge in [-0.15, -0.1) is 0 Å². The fourth-order valence-electron chi connectivity index (χ4n) is 2.99. The van der Waals surface area contributed by atoms with Crippen molar-refractivity contribution in [3.63, 3.8) is 0 Å². The number of pyridine rings is 1. The molecule has 4 heteroatoms. The summed E-state index contributed by atoms with van der Waals surface area (Å²) in [4.78, 5) is 23.4. The number of nitrogens with zero attached hydrogens (tertiary/aromatic N) is 1. The van der Waals surface area contributed by atoms with Crippen molar-refractivity contribution in [1.82, 2.24) is 4.57 Å². The highest BCUT2D eigenvalue weighted by Crippen LogP contribution is 2.21. The number of hydrogen-bond acceptors (Lipinski definition) is 2. The summed E-state index contributed by atoms with van der Waals surface area (Å²) in [6, 6.07) is 1.83. The van der Waals surface area contributed by atoms with Crippen LogP contribution in [0.4, 0.5) is 0 Å². The van der Waals surface area contributed by atoms with Gasteiger partial charge >= 0.3 is 5.97 Å². The van der Waals surface area contributed by atoms with Crippen molar-refractivity contribution in [2.45, 2.75) is 64.8 Å². The number of carboxylic acid groups (broad SMARTS) is 1. The van der Waals surface area contributed by atoms with Crippen molar-refractivity contribution in [1.29, 1.82) is 0 Å². The molecule has 0 amide bonds. The first-order valence-electron chi connectivity index (χ1n) is 7.59. The number of hydrogen-bond donors (Lipinski definition) is 1. The van der Waals surface area contributed by atoms with Gasteiger partial charge in [-0.2, -0.15) is 0 Å². The summed E-state index contributed by atoms with van der Waals surface area (Å²) < 4.78 is 1.85. The van der Waals surface area contributed by atoms with Crippen molar-refractivity contribution in [3.8, 4) is 0 Å². The summed E-state index contributed by atoms with van der Waals surface area (Å²) >= 11 is 0. The zero-order valence-corrected chi connectivity index (χ0v) is 12.2. The third-order valence-corrected chi connectivity index (χ3v) is 4.00. The SMILES string of the molecule is CCCCCn1c2c(cc(CC(=O)O)c1=O)CCCC2. The van der Waals surface area contributed by atoms with E-state index in [1.165, 1.54) is 5.56 Å². The number of aliphatic carboxylic acids is 1. The number of carbonyl (C=O) groups is 1. The zero-order valence-electron chi connectivity index (χ0n) is 12.2. The van der Waals surface area contributed by atoms with E-state index in [0.717, 1.165) is 57.2 Å². The molecule has 0 saturated heterocycles. The van der Waals surface area contributed by atoms with Gasteiger partial charge < -0.3 is 9.67 Å². The molecule has 20 heavy (non-hydrogen) atoms. The molecule has 0 atom stereocenters. The maximum absolute atomic E-state index is 12.5.